The Balaban J connectivity index is 1.55. The van der Waals surface area contributed by atoms with E-state index in [-0.39, 0.29) is 5.82 Å². The molecule has 5 rings (SSSR count). The Kier molecular flexibility index (Phi) is 2.95. The van der Waals surface area contributed by atoms with E-state index in [1.54, 1.807) is 6.07 Å². The molecular formula is C18H25FN2. The molecule has 21 heavy (non-hydrogen) atoms. The minimum Gasteiger partial charge on any atom is -0.399 e. The second-order valence-corrected chi connectivity index (χ2v) is 7.92. The van der Waals surface area contributed by atoms with Gasteiger partial charge in [0.05, 0.1) is 0 Å². The van der Waals surface area contributed by atoms with Gasteiger partial charge in [0, 0.05) is 17.4 Å². The van der Waals surface area contributed by atoms with E-state index in [0.717, 1.165) is 23.4 Å². The minimum atomic E-state index is -0.254. The largest absolute Gasteiger partial charge is 0.399 e. The minimum absolute atomic E-state index is 0.254. The zero-order valence-electron chi connectivity index (χ0n) is 12.7. The van der Waals surface area contributed by atoms with Crippen molar-refractivity contribution in [2.24, 2.45) is 23.2 Å². The van der Waals surface area contributed by atoms with Crippen LogP contribution in [-0.2, 0) is 0 Å². The summed E-state index contributed by atoms with van der Waals surface area (Å²) in [5, 5.41) is 3.56. The predicted molar refractivity (Wildman–Crippen MR) is 84.5 cm³/mol. The van der Waals surface area contributed by atoms with Crippen molar-refractivity contribution in [3.63, 3.8) is 0 Å². The highest BCUT2D eigenvalue weighted by molar-refractivity contribution is 5.55. The fraction of sp³-hybridized carbons (Fsp3) is 0.667. The average molecular weight is 288 g/mol. The normalized spacial score (nSPS) is 38.5. The molecule has 4 aliphatic carbocycles. The van der Waals surface area contributed by atoms with E-state index in [2.05, 4.69) is 12.2 Å². The van der Waals surface area contributed by atoms with Gasteiger partial charge in [-0.25, -0.2) is 4.39 Å². The lowest BCUT2D eigenvalue weighted by Crippen LogP contribution is -2.52. The van der Waals surface area contributed by atoms with Crippen molar-refractivity contribution in [1.82, 2.24) is 0 Å². The SMILES string of the molecule is CC(Nc1cc(N)cc(F)c1)C12CC3CC(CC(C3)C1)C2. The number of anilines is 2. The molecule has 4 fully saturated rings. The van der Waals surface area contributed by atoms with E-state index in [0.29, 0.717) is 17.1 Å². The monoisotopic (exact) mass is 288 g/mol. The molecule has 0 saturated heterocycles. The van der Waals surface area contributed by atoms with Crippen molar-refractivity contribution < 1.29 is 4.39 Å². The lowest BCUT2D eigenvalue weighted by atomic mass is 9.48. The van der Waals surface area contributed by atoms with Gasteiger partial charge in [0.25, 0.3) is 0 Å². The van der Waals surface area contributed by atoms with Gasteiger partial charge in [-0.15, -0.1) is 0 Å². The van der Waals surface area contributed by atoms with Gasteiger partial charge in [0.1, 0.15) is 5.82 Å². The standard InChI is InChI=1S/C18H25FN2/c1-11(21-17-6-15(19)5-16(20)7-17)18-8-12-2-13(9-18)4-14(3-12)10-18/h5-7,11-14,21H,2-4,8-10,20H2,1H3. The molecule has 4 aliphatic rings. The van der Waals surface area contributed by atoms with E-state index in [1.165, 1.54) is 44.6 Å². The van der Waals surface area contributed by atoms with Crippen LogP contribution < -0.4 is 11.1 Å². The Morgan fingerprint density at radius 3 is 2.19 bits per heavy atom. The number of benzene rings is 1. The Morgan fingerprint density at radius 2 is 1.67 bits per heavy atom. The van der Waals surface area contributed by atoms with E-state index in [1.807, 2.05) is 6.07 Å². The highest BCUT2D eigenvalue weighted by Gasteiger charge is 2.53. The van der Waals surface area contributed by atoms with Gasteiger partial charge in [0.15, 0.2) is 0 Å². The maximum absolute atomic E-state index is 13.5. The molecule has 1 aromatic rings. The number of hydrogen-bond donors (Lipinski definition) is 2. The molecule has 3 heteroatoms. The maximum atomic E-state index is 13.5. The molecule has 4 saturated carbocycles. The van der Waals surface area contributed by atoms with Crippen LogP contribution in [0.2, 0.25) is 0 Å². The highest BCUT2D eigenvalue weighted by Crippen LogP contribution is 2.61. The molecule has 0 aliphatic heterocycles. The van der Waals surface area contributed by atoms with Crippen molar-refractivity contribution in [3.05, 3.63) is 24.0 Å². The summed E-state index contributed by atoms with van der Waals surface area (Å²) in [4.78, 5) is 0. The van der Waals surface area contributed by atoms with Crippen LogP contribution in [0, 0.1) is 29.0 Å². The predicted octanol–water partition coefficient (Wildman–Crippen LogP) is 4.42. The number of hydrogen-bond acceptors (Lipinski definition) is 2. The summed E-state index contributed by atoms with van der Waals surface area (Å²) in [5.41, 5.74) is 7.51. The first-order valence-electron chi connectivity index (χ1n) is 8.35. The molecule has 0 heterocycles. The van der Waals surface area contributed by atoms with Crippen LogP contribution >= 0.6 is 0 Å². The van der Waals surface area contributed by atoms with Crippen molar-refractivity contribution in [2.45, 2.75) is 51.5 Å². The summed E-state index contributed by atoms with van der Waals surface area (Å²) in [6.07, 6.45) is 8.45. The van der Waals surface area contributed by atoms with Crippen LogP contribution in [-0.4, -0.2) is 6.04 Å². The average Bonchev–Trinajstić information content (AvgIpc) is 2.35. The molecule has 2 nitrogen and oxygen atoms in total. The smallest absolute Gasteiger partial charge is 0.127 e. The first-order chi connectivity index (χ1) is 10.0. The zero-order chi connectivity index (χ0) is 14.6. The quantitative estimate of drug-likeness (QED) is 0.808. The molecule has 114 valence electrons. The molecule has 0 spiro atoms. The molecule has 1 aromatic carbocycles. The van der Waals surface area contributed by atoms with E-state index >= 15 is 0 Å². The van der Waals surface area contributed by atoms with Gasteiger partial charge in [-0.2, -0.15) is 0 Å². The summed E-state index contributed by atoms with van der Waals surface area (Å²) in [6.45, 7) is 2.29. The Morgan fingerprint density at radius 1 is 1.10 bits per heavy atom. The molecule has 1 unspecified atom stereocenters. The van der Waals surface area contributed by atoms with Gasteiger partial charge in [0.2, 0.25) is 0 Å². The second-order valence-electron chi connectivity index (χ2n) is 7.92. The van der Waals surface area contributed by atoms with Crippen molar-refractivity contribution in [2.75, 3.05) is 11.1 Å². The maximum Gasteiger partial charge on any atom is 0.127 e. The van der Waals surface area contributed by atoms with Gasteiger partial charge >= 0.3 is 0 Å². The Bertz CT molecular complexity index is 499. The number of rotatable bonds is 3. The van der Waals surface area contributed by atoms with Crippen LogP contribution in [0.25, 0.3) is 0 Å². The zero-order valence-corrected chi connectivity index (χ0v) is 12.7. The topological polar surface area (TPSA) is 38.0 Å². The number of nitrogens with two attached hydrogens (primary N) is 1. The molecule has 0 amide bonds. The number of nitrogen functional groups attached to an aromatic ring is 1. The summed E-state index contributed by atoms with van der Waals surface area (Å²) in [6, 6.07) is 5.18. The van der Waals surface area contributed by atoms with E-state index < -0.39 is 0 Å². The molecule has 0 radical (unpaired) electrons. The lowest BCUT2D eigenvalue weighted by molar-refractivity contribution is -0.0602. The van der Waals surface area contributed by atoms with Crippen LogP contribution in [0.3, 0.4) is 0 Å². The fourth-order valence-corrected chi connectivity index (χ4v) is 5.81. The van der Waals surface area contributed by atoms with Crippen LogP contribution in [0.1, 0.15) is 45.4 Å². The third kappa shape index (κ3) is 2.31. The molecule has 0 aromatic heterocycles. The van der Waals surface area contributed by atoms with Gasteiger partial charge in [-0.05, 0) is 86.8 Å². The number of halogens is 1. The van der Waals surface area contributed by atoms with Crippen molar-refractivity contribution in [1.29, 1.82) is 0 Å². The Labute approximate surface area is 126 Å². The first-order valence-corrected chi connectivity index (χ1v) is 8.35. The van der Waals surface area contributed by atoms with Crippen LogP contribution in [0.15, 0.2) is 18.2 Å². The molecule has 3 N–H and O–H groups in total. The Hall–Kier alpha value is -1.25. The summed E-state index contributed by atoms with van der Waals surface area (Å²) in [5.74, 6) is 2.57. The molecule has 4 bridgehead atoms. The highest BCUT2D eigenvalue weighted by atomic mass is 19.1. The fourth-order valence-electron chi connectivity index (χ4n) is 5.81. The third-order valence-electron chi connectivity index (χ3n) is 6.31. The van der Waals surface area contributed by atoms with Gasteiger partial charge in [-0.1, -0.05) is 0 Å². The van der Waals surface area contributed by atoms with E-state index in [9.17, 15) is 4.39 Å². The van der Waals surface area contributed by atoms with Crippen molar-refractivity contribution in [3.8, 4) is 0 Å². The van der Waals surface area contributed by atoms with Crippen molar-refractivity contribution >= 4 is 11.4 Å². The second kappa shape index (κ2) is 4.62. The first kappa shape index (κ1) is 13.4. The molecular weight excluding hydrogens is 263 g/mol. The summed E-state index contributed by atoms with van der Waals surface area (Å²) < 4.78 is 13.5. The van der Waals surface area contributed by atoms with Crippen LogP contribution in [0.5, 0.6) is 0 Å². The summed E-state index contributed by atoms with van der Waals surface area (Å²) in [7, 11) is 0. The van der Waals surface area contributed by atoms with Gasteiger partial charge < -0.3 is 11.1 Å². The van der Waals surface area contributed by atoms with Crippen LogP contribution in [0.4, 0.5) is 15.8 Å². The summed E-state index contributed by atoms with van der Waals surface area (Å²) >= 11 is 0. The van der Waals surface area contributed by atoms with E-state index in [4.69, 9.17) is 5.73 Å². The molecule has 1 atom stereocenters. The third-order valence-corrected chi connectivity index (χ3v) is 6.31. The lowest BCUT2D eigenvalue weighted by Gasteiger charge is -2.59. The van der Waals surface area contributed by atoms with Gasteiger partial charge in [-0.3, -0.25) is 0 Å². The number of nitrogens with one attached hydrogen (secondary N) is 1.